The van der Waals surface area contributed by atoms with Crippen molar-refractivity contribution in [2.24, 2.45) is 45.3 Å². The first-order valence-corrected chi connectivity index (χ1v) is 29.1. The van der Waals surface area contributed by atoms with E-state index in [1.165, 1.54) is 9.36 Å². The van der Waals surface area contributed by atoms with Crippen molar-refractivity contribution in [3.63, 3.8) is 0 Å². The number of aromatic nitrogens is 6. The standard InChI is InChI=1S/C62H90N6O14/c1-59(2,3)39-17-31-13-35-21-41(61(7,8)9)23-37(55(35)79-29-43-25-67(65-63-43)57-53(77)51(75)49(73)45(27-69)81-57)15-33-19-40(60(4,5)6)20-34(48(33)72)16-38-24-42(62(10,11)12)22-36(14-32(18-39)47(31)71)56(38)80-30-44-26-68(66-64-44)58-54(78)52(76)50(74)46(28-70)82-58/h17-26,31,34,36-37,45-58,69-78H,13-16,27-30H2,1-12H3/t31?,34?,36?,37?,45-,46-,47?,48?,49+,50+,51+,52+,53-,54-,55?,56?,57-,58-/m1/s1. The molecule has 4 heterocycles. The fourth-order valence-corrected chi connectivity index (χ4v) is 12.5. The van der Waals surface area contributed by atoms with Gasteiger partial charge in [-0.25, -0.2) is 9.36 Å². The average Bonchev–Trinajstić information content (AvgIpc) is 4.02. The second-order valence-corrected chi connectivity index (χ2v) is 28.0. The van der Waals surface area contributed by atoms with Crippen LogP contribution in [0.4, 0.5) is 0 Å². The predicted octanol–water partition coefficient (Wildman–Crippen LogP) is 4.70. The van der Waals surface area contributed by atoms with Crippen LogP contribution < -0.4 is 0 Å². The number of fused-ring (bicyclic) bond motifs is 8. The number of allylic oxidation sites excluding steroid dienone is 8. The summed E-state index contributed by atoms with van der Waals surface area (Å²) in [7, 11) is 0. The minimum absolute atomic E-state index is 0.0306. The molecule has 0 radical (unpaired) electrons. The zero-order valence-corrected chi connectivity index (χ0v) is 49.6. The van der Waals surface area contributed by atoms with Gasteiger partial charge in [-0.1, -0.05) is 142 Å². The van der Waals surface area contributed by atoms with Crippen molar-refractivity contribution < 1.29 is 70.0 Å². The van der Waals surface area contributed by atoms with Gasteiger partial charge in [0.25, 0.3) is 0 Å². The maximum Gasteiger partial charge on any atom is 0.180 e. The summed E-state index contributed by atoms with van der Waals surface area (Å²) in [4.78, 5) is 0. The smallest absolute Gasteiger partial charge is 0.180 e. The van der Waals surface area contributed by atoms with E-state index >= 15 is 0 Å². The number of ether oxygens (including phenoxy) is 4. The monoisotopic (exact) mass is 1140 g/mol. The van der Waals surface area contributed by atoms with E-state index in [1.807, 2.05) is 0 Å². The van der Waals surface area contributed by atoms with E-state index in [-0.39, 0.29) is 46.7 Å². The molecule has 3 fully saturated rings. The van der Waals surface area contributed by atoms with Gasteiger partial charge in [0.05, 0.1) is 63.2 Å². The van der Waals surface area contributed by atoms with Crippen LogP contribution in [-0.2, 0) is 32.2 Å². The van der Waals surface area contributed by atoms with Gasteiger partial charge in [0.15, 0.2) is 12.5 Å². The Bertz CT molecular complexity index is 2690. The van der Waals surface area contributed by atoms with Gasteiger partial charge in [0.1, 0.15) is 60.2 Å². The van der Waals surface area contributed by atoms with Crippen LogP contribution >= 0.6 is 0 Å². The maximum atomic E-state index is 13.0. The molecular weight excluding hydrogens is 1050 g/mol. The highest BCUT2D eigenvalue weighted by Crippen LogP contribution is 2.49. The first-order valence-electron chi connectivity index (χ1n) is 29.1. The molecule has 9 rings (SSSR count). The third-order valence-corrected chi connectivity index (χ3v) is 17.6. The van der Waals surface area contributed by atoms with E-state index in [1.54, 1.807) is 12.4 Å². The molecule has 8 unspecified atom stereocenters. The van der Waals surface area contributed by atoms with Crippen LogP contribution in [0.25, 0.3) is 0 Å². The number of aliphatic hydroxyl groups is 10. The van der Waals surface area contributed by atoms with Crippen LogP contribution in [0.15, 0.2) is 106 Å². The number of nitrogens with zero attached hydrogens (tertiary/aromatic N) is 6. The molecule has 0 amide bonds. The van der Waals surface area contributed by atoms with Crippen LogP contribution in [0.5, 0.6) is 0 Å². The lowest BCUT2D eigenvalue weighted by Crippen LogP contribution is -2.56. The van der Waals surface area contributed by atoms with Crippen LogP contribution in [0.1, 0.15) is 133 Å². The van der Waals surface area contributed by atoms with Crippen molar-refractivity contribution in [2.45, 2.75) is 208 Å². The molecule has 2 aliphatic heterocycles. The van der Waals surface area contributed by atoms with Gasteiger partial charge < -0.3 is 70.0 Å². The molecule has 0 aromatic carbocycles. The second-order valence-electron chi connectivity index (χ2n) is 28.0. The highest BCUT2D eigenvalue weighted by molar-refractivity contribution is 5.45. The van der Waals surface area contributed by atoms with Crippen molar-refractivity contribution in [3.8, 4) is 0 Å². The zero-order chi connectivity index (χ0) is 59.7. The van der Waals surface area contributed by atoms with E-state index in [2.05, 4.69) is 152 Å². The Morgan fingerprint density at radius 1 is 0.439 bits per heavy atom. The summed E-state index contributed by atoms with van der Waals surface area (Å²) in [5.74, 6) is -1.42. The molecule has 2 aromatic heterocycles. The number of rotatable bonds is 10. The summed E-state index contributed by atoms with van der Waals surface area (Å²) in [5.41, 5.74) is 7.57. The third kappa shape index (κ3) is 13.1. The van der Waals surface area contributed by atoms with Crippen molar-refractivity contribution >= 4 is 0 Å². The lowest BCUT2D eigenvalue weighted by atomic mass is 9.67. The average molecular weight is 1140 g/mol. The van der Waals surface area contributed by atoms with Crippen molar-refractivity contribution in [1.29, 1.82) is 0 Å². The Kier molecular flexibility index (Phi) is 18.1. The summed E-state index contributed by atoms with van der Waals surface area (Å²) < 4.78 is 28.3. The molecule has 5 aliphatic carbocycles. The fourth-order valence-electron chi connectivity index (χ4n) is 12.5. The summed E-state index contributed by atoms with van der Waals surface area (Å²) in [6.45, 7) is 24.9. The molecule has 20 heteroatoms. The summed E-state index contributed by atoms with van der Waals surface area (Å²) in [6, 6.07) is 0. The molecule has 0 spiro atoms. The van der Waals surface area contributed by atoms with Gasteiger partial charge in [-0.3, -0.25) is 0 Å². The van der Waals surface area contributed by atoms with Gasteiger partial charge in [0, 0.05) is 23.7 Å². The van der Waals surface area contributed by atoms with Crippen LogP contribution in [0, 0.1) is 45.3 Å². The largest absolute Gasteiger partial charge is 0.394 e. The van der Waals surface area contributed by atoms with Crippen molar-refractivity contribution in [1.82, 2.24) is 30.0 Å². The SMILES string of the molecule is CC(C)(C)C1=CC2CC3=CC(C(C)(C)C)=CC(CC4=CC(C(C)(C)C)=CC(CC5=CC(C(C)(C)C)=CC(CC(=C1)C2O)C5OCc1cn([C@@H]2O[C@H](CO)[C@H](O)[C@H](O)[C@H]2O)nn1)C4O)C3OCc1cn([C@@H]2O[C@H](CO)[C@H](O)[C@H](O)[C@H]2O)nn1. The van der Waals surface area contributed by atoms with E-state index < -0.39 is 111 Å². The Morgan fingerprint density at radius 3 is 1.06 bits per heavy atom. The minimum Gasteiger partial charge on any atom is -0.394 e. The van der Waals surface area contributed by atoms with E-state index in [0.717, 1.165) is 44.6 Å². The molecule has 10 N–H and O–H groups in total. The lowest BCUT2D eigenvalue weighted by molar-refractivity contribution is -0.254. The zero-order valence-electron chi connectivity index (χ0n) is 49.6. The molecule has 82 heavy (non-hydrogen) atoms. The fraction of sp³-hybridized carbons (Fsp3) is 0.677. The first kappa shape index (κ1) is 62.2. The van der Waals surface area contributed by atoms with Crippen LogP contribution in [0.2, 0.25) is 0 Å². The Labute approximate surface area is 481 Å². The summed E-state index contributed by atoms with van der Waals surface area (Å²) in [6.07, 6.45) is 5.29. The molecule has 20 nitrogen and oxygen atoms in total. The first-order chi connectivity index (χ1) is 38.3. The van der Waals surface area contributed by atoms with Crippen LogP contribution in [-0.4, -0.2) is 168 Å². The van der Waals surface area contributed by atoms with Gasteiger partial charge in [-0.2, -0.15) is 0 Å². The third-order valence-electron chi connectivity index (χ3n) is 17.6. The molecule has 2 saturated heterocycles. The quantitative estimate of drug-likeness (QED) is 0.154. The summed E-state index contributed by atoms with van der Waals surface area (Å²) in [5, 5.41) is 127. The highest BCUT2D eigenvalue weighted by atomic mass is 16.6. The van der Waals surface area contributed by atoms with Gasteiger partial charge in [0.2, 0.25) is 0 Å². The number of aliphatic hydroxyl groups excluding tert-OH is 10. The Balaban J connectivity index is 1.12. The topological polar surface area (TPSA) is 301 Å². The molecule has 2 aromatic rings. The predicted molar refractivity (Wildman–Crippen MR) is 302 cm³/mol. The molecule has 452 valence electrons. The van der Waals surface area contributed by atoms with Gasteiger partial charge >= 0.3 is 0 Å². The maximum absolute atomic E-state index is 13.0. The van der Waals surface area contributed by atoms with Gasteiger partial charge in [-0.15, -0.1) is 10.2 Å². The molecular formula is C62H90N6O14. The normalized spacial score (nSPS) is 36.0. The lowest BCUT2D eigenvalue weighted by Gasteiger charge is -2.42. The van der Waals surface area contributed by atoms with Crippen molar-refractivity contribution in [3.05, 3.63) is 117 Å². The second kappa shape index (κ2) is 23.8. The molecule has 18 atom stereocenters. The molecule has 8 bridgehead atoms. The Hall–Kier alpha value is -4.36. The van der Waals surface area contributed by atoms with Gasteiger partial charge in [-0.05, 0) is 91.9 Å². The van der Waals surface area contributed by atoms with E-state index in [9.17, 15) is 51.1 Å². The van der Waals surface area contributed by atoms with E-state index in [0.29, 0.717) is 37.1 Å². The highest BCUT2D eigenvalue weighted by Gasteiger charge is 2.47. The summed E-state index contributed by atoms with van der Waals surface area (Å²) >= 11 is 0. The minimum atomic E-state index is -1.61. The number of hydrogen-bond donors (Lipinski definition) is 10. The van der Waals surface area contributed by atoms with E-state index in [4.69, 9.17) is 18.9 Å². The molecule has 7 aliphatic rings. The van der Waals surface area contributed by atoms with Crippen LogP contribution in [0.3, 0.4) is 0 Å². The molecule has 1 saturated carbocycles. The Morgan fingerprint density at radius 2 is 0.744 bits per heavy atom. The number of hydrogen-bond acceptors (Lipinski definition) is 18. The van der Waals surface area contributed by atoms with Crippen molar-refractivity contribution in [2.75, 3.05) is 13.2 Å².